The van der Waals surface area contributed by atoms with E-state index in [2.05, 4.69) is 22.1 Å². The molecule has 104 valence electrons. The Balaban J connectivity index is 1.87. The first-order valence-corrected chi connectivity index (χ1v) is 6.58. The number of nitrogen functional groups attached to an aromatic ring is 1. The summed E-state index contributed by atoms with van der Waals surface area (Å²) in [6.07, 6.45) is 3.91. The molecule has 6 heteroatoms. The molecular formula is C13H20N4O2. The third kappa shape index (κ3) is 3.57. The Bertz CT molecular complexity index is 460. The van der Waals surface area contributed by atoms with Crippen molar-refractivity contribution in [3.05, 3.63) is 17.8 Å². The molecule has 0 spiro atoms. The molecule has 0 atom stereocenters. The molecule has 2 rings (SSSR count). The van der Waals surface area contributed by atoms with Crippen molar-refractivity contribution >= 4 is 17.5 Å². The van der Waals surface area contributed by atoms with Crippen molar-refractivity contribution in [1.29, 1.82) is 0 Å². The van der Waals surface area contributed by atoms with Gasteiger partial charge in [-0.05, 0) is 25.5 Å². The predicted molar refractivity (Wildman–Crippen MR) is 74.4 cm³/mol. The van der Waals surface area contributed by atoms with E-state index in [9.17, 15) is 4.79 Å². The lowest BCUT2D eigenvalue weighted by molar-refractivity contribution is 0.0696. The van der Waals surface area contributed by atoms with E-state index < -0.39 is 5.97 Å². The molecule has 19 heavy (non-hydrogen) atoms. The van der Waals surface area contributed by atoms with Gasteiger partial charge in [-0.3, -0.25) is 4.90 Å². The minimum absolute atomic E-state index is 0.108. The second-order valence-corrected chi connectivity index (χ2v) is 4.75. The van der Waals surface area contributed by atoms with E-state index in [1.54, 1.807) is 0 Å². The van der Waals surface area contributed by atoms with Crippen molar-refractivity contribution in [3.8, 4) is 0 Å². The molecule has 0 amide bonds. The number of hydrogen-bond acceptors (Lipinski definition) is 5. The van der Waals surface area contributed by atoms with Crippen LogP contribution >= 0.6 is 0 Å². The number of nitrogens with two attached hydrogens (primary N) is 1. The average Bonchev–Trinajstić information content (AvgIpc) is 3.20. The zero-order chi connectivity index (χ0) is 13.8. The van der Waals surface area contributed by atoms with E-state index in [4.69, 9.17) is 10.8 Å². The minimum Gasteiger partial charge on any atom is -0.478 e. The fourth-order valence-electron chi connectivity index (χ4n) is 2.10. The number of nitrogens with one attached hydrogen (secondary N) is 1. The number of nitrogens with zero attached hydrogens (tertiary/aromatic N) is 2. The Morgan fingerprint density at radius 2 is 2.37 bits per heavy atom. The molecule has 0 aromatic carbocycles. The van der Waals surface area contributed by atoms with Gasteiger partial charge in [0.05, 0.1) is 11.3 Å². The number of hydrogen-bond donors (Lipinski definition) is 3. The molecule has 6 nitrogen and oxygen atoms in total. The molecule has 0 aliphatic heterocycles. The molecule has 1 fully saturated rings. The van der Waals surface area contributed by atoms with Crippen LogP contribution in [0.3, 0.4) is 0 Å². The van der Waals surface area contributed by atoms with Gasteiger partial charge in [0.2, 0.25) is 0 Å². The number of anilines is 2. The van der Waals surface area contributed by atoms with Gasteiger partial charge in [0.1, 0.15) is 5.82 Å². The van der Waals surface area contributed by atoms with Crippen molar-refractivity contribution in [2.45, 2.75) is 25.8 Å². The summed E-state index contributed by atoms with van der Waals surface area (Å²) >= 11 is 0. The number of likely N-dealkylation sites (N-methyl/N-ethyl adjacent to an activating group) is 1. The molecule has 0 bridgehead atoms. The summed E-state index contributed by atoms with van der Waals surface area (Å²) in [7, 11) is 0. The number of aromatic nitrogens is 1. The highest BCUT2D eigenvalue weighted by molar-refractivity contribution is 5.89. The van der Waals surface area contributed by atoms with Crippen LogP contribution in [0, 0.1) is 0 Å². The normalized spacial score (nSPS) is 14.6. The van der Waals surface area contributed by atoms with E-state index in [0.717, 1.165) is 25.7 Å². The summed E-state index contributed by atoms with van der Waals surface area (Å²) in [5.74, 6) is -0.464. The van der Waals surface area contributed by atoms with Gasteiger partial charge in [-0.15, -0.1) is 0 Å². The number of pyridine rings is 1. The second kappa shape index (κ2) is 5.88. The highest BCUT2D eigenvalue weighted by Crippen LogP contribution is 2.26. The SMILES string of the molecule is CCN(CCNc1ncc(C(=O)O)cc1N)C1CC1. The zero-order valence-corrected chi connectivity index (χ0v) is 11.1. The molecule has 1 aromatic rings. The van der Waals surface area contributed by atoms with E-state index in [1.165, 1.54) is 25.1 Å². The average molecular weight is 264 g/mol. The fourth-order valence-corrected chi connectivity index (χ4v) is 2.10. The van der Waals surface area contributed by atoms with Crippen LogP contribution in [0.2, 0.25) is 0 Å². The molecule has 0 radical (unpaired) electrons. The third-order valence-electron chi connectivity index (χ3n) is 3.33. The van der Waals surface area contributed by atoms with Gasteiger partial charge in [-0.2, -0.15) is 0 Å². The van der Waals surface area contributed by atoms with Crippen molar-refractivity contribution in [3.63, 3.8) is 0 Å². The Labute approximate surface area is 112 Å². The van der Waals surface area contributed by atoms with Crippen LogP contribution in [-0.4, -0.2) is 46.6 Å². The summed E-state index contributed by atoms with van der Waals surface area (Å²) in [5.41, 5.74) is 6.26. The Hall–Kier alpha value is -1.82. The number of carboxylic acids is 1. The molecule has 1 heterocycles. The van der Waals surface area contributed by atoms with Gasteiger partial charge in [0.25, 0.3) is 0 Å². The zero-order valence-electron chi connectivity index (χ0n) is 11.1. The summed E-state index contributed by atoms with van der Waals surface area (Å²) in [6.45, 7) is 4.91. The molecule has 1 aliphatic carbocycles. The smallest absolute Gasteiger partial charge is 0.337 e. The van der Waals surface area contributed by atoms with Gasteiger partial charge in [0, 0.05) is 25.3 Å². The van der Waals surface area contributed by atoms with E-state index in [-0.39, 0.29) is 5.56 Å². The van der Waals surface area contributed by atoms with Gasteiger partial charge in [-0.25, -0.2) is 9.78 Å². The molecule has 0 unspecified atom stereocenters. The fraction of sp³-hybridized carbons (Fsp3) is 0.538. The lowest BCUT2D eigenvalue weighted by Gasteiger charge is -2.20. The predicted octanol–water partition coefficient (Wildman–Crippen LogP) is 1.26. The standard InChI is InChI=1S/C13H20N4O2/c1-2-17(10-3-4-10)6-5-15-12-11(14)7-9(8-16-12)13(18)19/h7-8,10H,2-6,14H2,1H3,(H,15,16)(H,18,19). The summed E-state index contributed by atoms with van der Waals surface area (Å²) < 4.78 is 0. The topological polar surface area (TPSA) is 91.5 Å². The quantitative estimate of drug-likeness (QED) is 0.686. The maximum Gasteiger partial charge on any atom is 0.337 e. The van der Waals surface area contributed by atoms with E-state index in [1.807, 2.05) is 0 Å². The second-order valence-electron chi connectivity index (χ2n) is 4.75. The van der Waals surface area contributed by atoms with Crippen LogP contribution in [0.4, 0.5) is 11.5 Å². The Morgan fingerprint density at radius 3 is 2.89 bits per heavy atom. The molecule has 4 N–H and O–H groups in total. The maximum absolute atomic E-state index is 10.8. The number of carboxylic acid groups (broad SMARTS) is 1. The third-order valence-corrected chi connectivity index (χ3v) is 3.33. The first kappa shape index (κ1) is 13.6. The summed E-state index contributed by atoms with van der Waals surface area (Å²) in [6, 6.07) is 2.17. The van der Waals surface area contributed by atoms with Crippen LogP contribution in [-0.2, 0) is 0 Å². The Kier molecular flexibility index (Phi) is 4.21. The van der Waals surface area contributed by atoms with Crippen molar-refractivity contribution < 1.29 is 9.90 Å². The highest BCUT2D eigenvalue weighted by atomic mass is 16.4. The summed E-state index contributed by atoms with van der Waals surface area (Å²) in [5, 5.41) is 12.0. The van der Waals surface area contributed by atoms with Crippen molar-refractivity contribution in [2.24, 2.45) is 0 Å². The molecule has 1 aliphatic rings. The highest BCUT2D eigenvalue weighted by Gasteiger charge is 2.27. The first-order chi connectivity index (χ1) is 9.11. The van der Waals surface area contributed by atoms with Crippen LogP contribution in [0.25, 0.3) is 0 Å². The van der Waals surface area contributed by atoms with Crippen LogP contribution in [0.15, 0.2) is 12.3 Å². The van der Waals surface area contributed by atoms with E-state index >= 15 is 0 Å². The molecule has 1 aromatic heterocycles. The number of carbonyl (C=O) groups is 1. The van der Waals surface area contributed by atoms with Gasteiger partial charge in [-0.1, -0.05) is 6.92 Å². The minimum atomic E-state index is -1.02. The molecule has 1 saturated carbocycles. The maximum atomic E-state index is 10.8. The molecule has 0 saturated heterocycles. The molecular weight excluding hydrogens is 244 g/mol. The van der Waals surface area contributed by atoms with Crippen LogP contribution in [0.1, 0.15) is 30.1 Å². The Morgan fingerprint density at radius 1 is 1.63 bits per heavy atom. The summed E-state index contributed by atoms with van der Waals surface area (Å²) in [4.78, 5) is 17.2. The van der Waals surface area contributed by atoms with Gasteiger partial charge in [0.15, 0.2) is 0 Å². The first-order valence-electron chi connectivity index (χ1n) is 6.58. The number of rotatable bonds is 7. The van der Waals surface area contributed by atoms with Crippen LogP contribution < -0.4 is 11.1 Å². The lowest BCUT2D eigenvalue weighted by atomic mass is 10.2. The van der Waals surface area contributed by atoms with E-state index in [0.29, 0.717) is 11.5 Å². The van der Waals surface area contributed by atoms with Crippen molar-refractivity contribution in [1.82, 2.24) is 9.88 Å². The van der Waals surface area contributed by atoms with Gasteiger partial charge >= 0.3 is 5.97 Å². The monoisotopic (exact) mass is 264 g/mol. The number of aromatic carboxylic acids is 1. The van der Waals surface area contributed by atoms with Crippen LogP contribution in [0.5, 0.6) is 0 Å². The largest absolute Gasteiger partial charge is 0.478 e. The lowest BCUT2D eigenvalue weighted by Crippen LogP contribution is -2.31. The van der Waals surface area contributed by atoms with Gasteiger partial charge < -0.3 is 16.2 Å². The van der Waals surface area contributed by atoms with Crippen molar-refractivity contribution in [2.75, 3.05) is 30.7 Å².